The van der Waals surface area contributed by atoms with E-state index in [0.717, 1.165) is 28.3 Å². The van der Waals surface area contributed by atoms with Gasteiger partial charge in [0.1, 0.15) is 11.5 Å². The van der Waals surface area contributed by atoms with Crippen LogP contribution in [0.5, 0.6) is 11.5 Å². The predicted octanol–water partition coefficient (Wildman–Crippen LogP) is 3.90. The molecule has 1 aliphatic heterocycles. The molecule has 2 aromatic rings. The molecular weight excluding hydrogens is 290 g/mol. The number of nitrogens with one attached hydrogen (secondary N) is 1. The topological polar surface area (TPSA) is 47.6 Å². The standard InChI is InChI=1S/C19H21NO3/c1-4-22-16-10-9-14(11-12(16)2)20-19(21)18-13(3)15-7-5-6-8-17(15)23-18/h5-11,13,18H,4H2,1-3H3,(H,20,21). The lowest BCUT2D eigenvalue weighted by Crippen LogP contribution is -2.33. The van der Waals surface area contributed by atoms with Crippen molar-refractivity contribution in [2.24, 2.45) is 0 Å². The Morgan fingerprint density at radius 3 is 2.74 bits per heavy atom. The Kier molecular flexibility index (Phi) is 4.24. The van der Waals surface area contributed by atoms with Crippen LogP contribution in [-0.2, 0) is 4.79 Å². The van der Waals surface area contributed by atoms with Crippen molar-refractivity contribution >= 4 is 11.6 Å². The molecule has 1 aliphatic rings. The second kappa shape index (κ2) is 6.32. The van der Waals surface area contributed by atoms with Gasteiger partial charge >= 0.3 is 0 Å². The normalized spacial score (nSPS) is 18.9. The summed E-state index contributed by atoms with van der Waals surface area (Å²) in [7, 11) is 0. The lowest BCUT2D eigenvalue weighted by molar-refractivity contribution is -0.122. The number of rotatable bonds is 4. The monoisotopic (exact) mass is 311 g/mol. The maximum absolute atomic E-state index is 12.5. The largest absolute Gasteiger partial charge is 0.494 e. The van der Waals surface area contributed by atoms with Gasteiger partial charge in [0.15, 0.2) is 6.10 Å². The van der Waals surface area contributed by atoms with Gasteiger partial charge in [0.05, 0.1) is 6.61 Å². The summed E-state index contributed by atoms with van der Waals surface area (Å²) >= 11 is 0. The Morgan fingerprint density at radius 2 is 2.04 bits per heavy atom. The minimum Gasteiger partial charge on any atom is -0.494 e. The van der Waals surface area contributed by atoms with Crippen molar-refractivity contribution in [2.45, 2.75) is 32.8 Å². The molecule has 2 unspecified atom stereocenters. The molecule has 0 bridgehead atoms. The number of benzene rings is 2. The highest BCUT2D eigenvalue weighted by atomic mass is 16.5. The zero-order valence-electron chi connectivity index (χ0n) is 13.6. The first kappa shape index (κ1) is 15.4. The lowest BCUT2D eigenvalue weighted by atomic mass is 9.97. The number of carbonyl (C=O) groups is 1. The van der Waals surface area contributed by atoms with Crippen LogP contribution in [0.2, 0.25) is 0 Å². The van der Waals surface area contributed by atoms with Crippen molar-refractivity contribution in [1.29, 1.82) is 0 Å². The van der Waals surface area contributed by atoms with Gasteiger partial charge in [-0.3, -0.25) is 4.79 Å². The predicted molar refractivity (Wildman–Crippen MR) is 90.3 cm³/mol. The number of carbonyl (C=O) groups excluding carboxylic acids is 1. The second-order valence-corrected chi connectivity index (χ2v) is 5.77. The van der Waals surface area contributed by atoms with E-state index in [1.54, 1.807) is 0 Å². The van der Waals surface area contributed by atoms with Crippen molar-refractivity contribution in [3.05, 3.63) is 53.6 Å². The van der Waals surface area contributed by atoms with Gasteiger partial charge in [0.25, 0.3) is 5.91 Å². The maximum Gasteiger partial charge on any atom is 0.266 e. The molecular formula is C19H21NO3. The number of anilines is 1. The summed E-state index contributed by atoms with van der Waals surface area (Å²) < 4.78 is 11.3. The molecule has 4 nitrogen and oxygen atoms in total. The Morgan fingerprint density at radius 1 is 1.26 bits per heavy atom. The third-order valence-electron chi connectivity index (χ3n) is 4.12. The number of hydrogen-bond donors (Lipinski definition) is 1. The van der Waals surface area contributed by atoms with Gasteiger partial charge in [0, 0.05) is 17.2 Å². The van der Waals surface area contributed by atoms with E-state index < -0.39 is 6.10 Å². The Balaban J connectivity index is 1.72. The van der Waals surface area contributed by atoms with Crippen LogP contribution in [-0.4, -0.2) is 18.6 Å². The highest BCUT2D eigenvalue weighted by Gasteiger charge is 2.36. The van der Waals surface area contributed by atoms with Gasteiger partial charge in [-0.05, 0) is 43.7 Å². The molecule has 2 aromatic carbocycles. The van der Waals surface area contributed by atoms with E-state index in [2.05, 4.69) is 5.32 Å². The van der Waals surface area contributed by atoms with E-state index in [-0.39, 0.29) is 11.8 Å². The molecule has 0 fully saturated rings. The van der Waals surface area contributed by atoms with Crippen LogP contribution < -0.4 is 14.8 Å². The summed E-state index contributed by atoms with van der Waals surface area (Å²) in [4.78, 5) is 12.5. The molecule has 23 heavy (non-hydrogen) atoms. The maximum atomic E-state index is 12.5. The minimum atomic E-state index is -0.501. The van der Waals surface area contributed by atoms with Crippen molar-refractivity contribution in [2.75, 3.05) is 11.9 Å². The van der Waals surface area contributed by atoms with E-state index >= 15 is 0 Å². The van der Waals surface area contributed by atoms with Crippen LogP contribution in [0.25, 0.3) is 0 Å². The first-order valence-corrected chi connectivity index (χ1v) is 7.90. The van der Waals surface area contributed by atoms with E-state index in [0.29, 0.717) is 6.61 Å². The molecule has 1 N–H and O–H groups in total. The first-order valence-electron chi connectivity index (χ1n) is 7.90. The van der Waals surface area contributed by atoms with E-state index in [9.17, 15) is 4.79 Å². The molecule has 4 heteroatoms. The number of hydrogen-bond acceptors (Lipinski definition) is 3. The summed E-state index contributed by atoms with van der Waals surface area (Å²) in [5.41, 5.74) is 2.83. The average Bonchev–Trinajstić information content (AvgIpc) is 2.88. The van der Waals surface area contributed by atoms with Gasteiger partial charge in [-0.1, -0.05) is 25.1 Å². The van der Waals surface area contributed by atoms with Crippen LogP contribution in [0.3, 0.4) is 0 Å². The van der Waals surface area contributed by atoms with E-state index in [1.807, 2.05) is 63.2 Å². The van der Waals surface area contributed by atoms with Crippen LogP contribution >= 0.6 is 0 Å². The van der Waals surface area contributed by atoms with Crippen LogP contribution in [0.15, 0.2) is 42.5 Å². The zero-order valence-corrected chi connectivity index (χ0v) is 13.6. The van der Waals surface area contributed by atoms with Gasteiger partial charge < -0.3 is 14.8 Å². The number of aryl methyl sites for hydroxylation is 1. The fourth-order valence-electron chi connectivity index (χ4n) is 2.90. The molecule has 0 aliphatic carbocycles. The fourth-order valence-corrected chi connectivity index (χ4v) is 2.90. The molecule has 0 aromatic heterocycles. The number of amides is 1. The first-order chi connectivity index (χ1) is 11.1. The summed E-state index contributed by atoms with van der Waals surface area (Å²) in [5, 5.41) is 2.94. The highest BCUT2D eigenvalue weighted by molar-refractivity contribution is 5.95. The van der Waals surface area contributed by atoms with Gasteiger partial charge in [0.2, 0.25) is 0 Å². The third-order valence-corrected chi connectivity index (χ3v) is 4.12. The molecule has 3 rings (SSSR count). The van der Waals surface area contributed by atoms with Gasteiger partial charge in [-0.2, -0.15) is 0 Å². The average molecular weight is 311 g/mol. The van der Waals surface area contributed by atoms with Crippen molar-refractivity contribution in [3.8, 4) is 11.5 Å². The van der Waals surface area contributed by atoms with Crippen LogP contribution in [0.4, 0.5) is 5.69 Å². The molecule has 1 amide bonds. The molecule has 1 heterocycles. The number of fused-ring (bicyclic) bond motifs is 1. The SMILES string of the molecule is CCOc1ccc(NC(=O)C2Oc3ccccc3C2C)cc1C. The molecule has 0 saturated heterocycles. The van der Waals surface area contributed by atoms with Crippen molar-refractivity contribution < 1.29 is 14.3 Å². The Labute approximate surface area is 136 Å². The number of ether oxygens (including phenoxy) is 2. The Hall–Kier alpha value is -2.49. The second-order valence-electron chi connectivity index (χ2n) is 5.77. The van der Waals surface area contributed by atoms with Gasteiger partial charge in [-0.15, -0.1) is 0 Å². The zero-order chi connectivity index (χ0) is 16.4. The summed E-state index contributed by atoms with van der Waals surface area (Å²) in [5.74, 6) is 1.54. The van der Waals surface area contributed by atoms with Gasteiger partial charge in [-0.25, -0.2) is 0 Å². The lowest BCUT2D eigenvalue weighted by Gasteiger charge is -2.16. The number of para-hydroxylation sites is 1. The Bertz CT molecular complexity index is 726. The van der Waals surface area contributed by atoms with Crippen LogP contribution in [0, 0.1) is 6.92 Å². The fraction of sp³-hybridized carbons (Fsp3) is 0.316. The third kappa shape index (κ3) is 3.02. The van der Waals surface area contributed by atoms with Crippen molar-refractivity contribution in [3.63, 3.8) is 0 Å². The van der Waals surface area contributed by atoms with Crippen LogP contribution in [0.1, 0.15) is 30.9 Å². The molecule has 0 saturated carbocycles. The quantitative estimate of drug-likeness (QED) is 0.931. The molecule has 120 valence electrons. The van der Waals surface area contributed by atoms with Crippen molar-refractivity contribution in [1.82, 2.24) is 0 Å². The van der Waals surface area contributed by atoms with E-state index in [4.69, 9.17) is 9.47 Å². The summed E-state index contributed by atoms with van der Waals surface area (Å²) in [6, 6.07) is 13.4. The minimum absolute atomic E-state index is 0.0370. The van der Waals surface area contributed by atoms with E-state index in [1.165, 1.54) is 0 Å². The smallest absolute Gasteiger partial charge is 0.266 e. The summed E-state index contributed by atoms with van der Waals surface area (Å²) in [6.07, 6.45) is -0.501. The highest BCUT2D eigenvalue weighted by Crippen LogP contribution is 2.38. The molecule has 0 radical (unpaired) electrons. The molecule has 2 atom stereocenters. The molecule has 0 spiro atoms. The summed E-state index contributed by atoms with van der Waals surface area (Å²) in [6.45, 7) is 6.55.